The largest absolute Gasteiger partial charge is 0.426 e. The average Bonchev–Trinajstić information content (AvgIpc) is 2.48. The Morgan fingerprint density at radius 2 is 1.64 bits per heavy atom. The van der Waals surface area contributed by atoms with Gasteiger partial charge in [0.2, 0.25) is 0 Å². The Labute approximate surface area is 131 Å². The fraction of sp³-hybridized carbons (Fsp3) is 0.125. The van der Waals surface area contributed by atoms with Crippen molar-refractivity contribution in [1.82, 2.24) is 0 Å². The van der Waals surface area contributed by atoms with Crippen LogP contribution in [0, 0.1) is 5.82 Å². The molecule has 0 aromatic heterocycles. The van der Waals surface area contributed by atoms with Crippen molar-refractivity contribution in [2.24, 2.45) is 0 Å². The van der Waals surface area contributed by atoms with Crippen LogP contribution in [-0.4, -0.2) is 11.9 Å². The summed E-state index contributed by atoms with van der Waals surface area (Å²) in [4.78, 5) is 23.2. The first-order chi connectivity index (χ1) is 10.5. The fourth-order valence-electron chi connectivity index (χ4n) is 1.62. The third-order valence-corrected chi connectivity index (χ3v) is 2.93. The number of hydrogen-bond acceptors (Lipinski definition) is 4. The van der Waals surface area contributed by atoms with Gasteiger partial charge in [-0.3, -0.25) is 9.59 Å². The van der Waals surface area contributed by atoms with Gasteiger partial charge in [0.05, 0.1) is 17.9 Å². The molecule has 0 aliphatic carbocycles. The zero-order chi connectivity index (χ0) is 15.9. The Bertz CT molecular complexity index is 687. The van der Waals surface area contributed by atoms with E-state index in [1.165, 1.54) is 18.2 Å². The van der Waals surface area contributed by atoms with E-state index in [1.54, 1.807) is 24.3 Å². The summed E-state index contributed by atoms with van der Waals surface area (Å²) in [5.74, 6) is -1.45. The van der Waals surface area contributed by atoms with Crippen molar-refractivity contribution in [2.75, 3.05) is 0 Å². The van der Waals surface area contributed by atoms with Gasteiger partial charge >= 0.3 is 11.9 Å². The number of halogens is 2. The van der Waals surface area contributed by atoms with Gasteiger partial charge in [0.1, 0.15) is 17.3 Å². The molecular weight excluding hydrogens is 311 g/mol. The van der Waals surface area contributed by atoms with Gasteiger partial charge in [0.25, 0.3) is 0 Å². The molecule has 0 radical (unpaired) electrons. The summed E-state index contributed by atoms with van der Waals surface area (Å²) in [6, 6.07) is 11.7. The molecule has 2 aromatic carbocycles. The molecule has 0 spiro atoms. The second-order valence-electron chi connectivity index (χ2n) is 4.34. The Hall–Kier alpha value is -2.40. The highest BCUT2D eigenvalue weighted by Crippen LogP contribution is 2.23. The number of carbonyl (C=O) groups is 2. The summed E-state index contributed by atoms with van der Waals surface area (Å²) in [5, 5.41) is 0.304. The average molecular weight is 323 g/mol. The molecule has 0 aliphatic heterocycles. The fourth-order valence-corrected chi connectivity index (χ4v) is 1.79. The summed E-state index contributed by atoms with van der Waals surface area (Å²) in [6.45, 7) is 0. The third kappa shape index (κ3) is 4.86. The molecule has 0 bridgehead atoms. The quantitative estimate of drug-likeness (QED) is 0.621. The smallest absolute Gasteiger partial charge is 0.311 e. The van der Waals surface area contributed by atoms with Gasteiger partial charge in [0.15, 0.2) is 0 Å². The molecule has 0 unspecified atom stereocenters. The van der Waals surface area contributed by atoms with E-state index in [4.69, 9.17) is 21.1 Å². The maximum Gasteiger partial charge on any atom is 0.311 e. The Balaban J connectivity index is 1.81. The Morgan fingerprint density at radius 3 is 2.32 bits per heavy atom. The van der Waals surface area contributed by atoms with Crippen LogP contribution in [0.25, 0.3) is 0 Å². The minimum absolute atomic E-state index is 0.0875. The van der Waals surface area contributed by atoms with E-state index < -0.39 is 17.8 Å². The molecule has 114 valence electrons. The van der Waals surface area contributed by atoms with Crippen LogP contribution >= 0.6 is 11.6 Å². The van der Waals surface area contributed by atoms with E-state index in [0.717, 1.165) is 6.07 Å². The van der Waals surface area contributed by atoms with Crippen molar-refractivity contribution in [3.8, 4) is 11.5 Å². The minimum atomic E-state index is -0.651. The lowest BCUT2D eigenvalue weighted by Gasteiger charge is -2.06. The van der Waals surface area contributed by atoms with Gasteiger partial charge in [0, 0.05) is 6.07 Å². The van der Waals surface area contributed by atoms with Gasteiger partial charge < -0.3 is 9.47 Å². The van der Waals surface area contributed by atoms with E-state index in [2.05, 4.69) is 0 Å². The van der Waals surface area contributed by atoms with Gasteiger partial charge in [-0.2, -0.15) is 0 Å². The van der Waals surface area contributed by atoms with Crippen LogP contribution in [0.2, 0.25) is 5.02 Å². The number of rotatable bonds is 5. The topological polar surface area (TPSA) is 52.6 Å². The molecule has 0 amide bonds. The minimum Gasteiger partial charge on any atom is -0.426 e. The van der Waals surface area contributed by atoms with Crippen LogP contribution < -0.4 is 9.47 Å². The highest BCUT2D eigenvalue weighted by molar-refractivity contribution is 6.32. The summed E-state index contributed by atoms with van der Waals surface area (Å²) >= 11 is 5.85. The number of ether oxygens (including phenoxy) is 2. The maximum absolute atomic E-state index is 12.9. The van der Waals surface area contributed by atoms with Crippen LogP contribution in [0.4, 0.5) is 4.39 Å². The lowest BCUT2D eigenvalue weighted by atomic mass is 10.3. The summed E-state index contributed by atoms with van der Waals surface area (Å²) in [6.07, 6.45) is -0.348. The van der Waals surface area contributed by atoms with E-state index >= 15 is 0 Å². The van der Waals surface area contributed by atoms with E-state index in [9.17, 15) is 14.0 Å². The van der Waals surface area contributed by atoms with Crippen LogP contribution in [0.15, 0.2) is 48.5 Å². The molecular formula is C16H12ClFO4. The molecule has 0 aliphatic rings. The molecule has 2 aromatic rings. The van der Waals surface area contributed by atoms with Crippen molar-refractivity contribution in [2.45, 2.75) is 12.8 Å². The van der Waals surface area contributed by atoms with Gasteiger partial charge in [-0.25, -0.2) is 4.39 Å². The molecule has 0 N–H and O–H groups in total. The first-order valence-electron chi connectivity index (χ1n) is 6.46. The van der Waals surface area contributed by atoms with Crippen LogP contribution in [-0.2, 0) is 9.59 Å². The molecule has 2 rings (SSSR count). The third-order valence-electron chi connectivity index (χ3n) is 2.62. The maximum atomic E-state index is 12.9. The summed E-state index contributed by atoms with van der Waals surface area (Å²) in [7, 11) is 0. The molecule has 0 heterocycles. The Morgan fingerprint density at radius 1 is 0.955 bits per heavy atom. The number of benzene rings is 2. The van der Waals surface area contributed by atoms with Gasteiger partial charge in [-0.15, -0.1) is 0 Å². The van der Waals surface area contributed by atoms with E-state index in [1.807, 2.05) is 0 Å². The standard InChI is InChI=1S/C16H12ClFO4/c17-13-6-1-2-7-14(13)22-16(20)9-8-15(19)21-12-5-3-4-11(18)10-12/h1-7,10H,8-9H2. The van der Waals surface area contributed by atoms with Crippen molar-refractivity contribution in [3.05, 3.63) is 59.4 Å². The Kier molecular flexibility index (Phi) is 5.49. The van der Waals surface area contributed by atoms with Crippen molar-refractivity contribution in [1.29, 1.82) is 0 Å². The second-order valence-corrected chi connectivity index (χ2v) is 4.74. The number of hydrogen-bond donors (Lipinski definition) is 0. The lowest BCUT2D eigenvalue weighted by molar-refractivity contribution is -0.140. The predicted molar refractivity (Wildman–Crippen MR) is 78.4 cm³/mol. The van der Waals surface area contributed by atoms with Gasteiger partial charge in [-0.1, -0.05) is 29.8 Å². The molecule has 22 heavy (non-hydrogen) atoms. The van der Waals surface area contributed by atoms with E-state index in [-0.39, 0.29) is 24.3 Å². The highest BCUT2D eigenvalue weighted by atomic mass is 35.5. The lowest BCUT2D eigenvalue weighted by Crippen LogP contribution is -2.14. The monoisotopic (exact) mass is 322 g/mol. The molecule has 4 nitrogen and oxygen atoms in total. The first-order valence-corrected chi connectivity index (χ1v) is 6.84. The molecule has 6 heteroatoms. The van der Waals surface area contributed by atoms with Crippen LogP contribution in [0.1, 0.15) is 12.8 Å². The SMILES string of the molecule is O=C(CCC(=O)Oc1ccccc1Cl)Oc1cccc(F)c1. The zero-order valence-corrected chi connectivity index (χ0v) is 12.2. The van der Waals surface area contributed by atoms with Crippen LogP contribution in [0.3, 0.4) is 0 Å². The van der Waals surface area contributed by atoms with Gasteiger partial charge in [-0.05, 0) is 24.3 Å². The molecule has 0 fully saturated rings. The summed E-state index contributed by atoms with van der Waals surface area (Å²) < 4.78 is 22.9. The normalized spacial score (nSPS) is 10.1. The number of esters is 2. The summed E-state index contributed by atoms with van der Waals surface area (Å²) in [5.41, 5.74) is 0. The van der Waals surface area contributed by atoms with Crippen molar-refractivity contribution < 1.29 is 23.5 Å². The number of para-hydroxylation sites is 1. The van der Waals surface area contributed by atoms with E-state index in [0.29, 0.717) is 5.02 Å². The second kappa shape index (κ2) is 7.56. The zero-order valence-electron chi connectivity index (χ0n) is 11.4. The van der Waals surface area contributed by atoms with Crippen LogP contribution in [0.5, 0.6) is 11.5 Å². The van der Waals surface area contributed by atoms with Crippen molar-refractivity contribution in [3.63, 3.8) is 0 Å². The molecule has 0 atom stereocenters. The predicted octanol–water partition coefficient (Wildman–Crippen LogP) is 3.77. The highest BCUT2D eigenvalue weighted by Gasteiger charge is 2.12. The first kappa shape index (κ1) is 16.0. The molecule has 0 saturated heterocycles. The number of carbonyl (C=O) groups excluding carboxylic acids is 2. The van der Waals surface area contributed by atoms with Crippen molar-refractivity contribution >= 4 is 23.5 Å². The molecule has 0 saturated carbocycles.